The van der Waals surface area contributed by atoms with E-state index in [0.29, 0.717) is 5.56 Å². The maximum atomic E-state index is 12.2. The fourth-order valence-corrected chi connectivity index (χ4v) is 2.48. The highest BCUT2D eigenvalue weighted by molar-refractivity contribution is 5.96. The molecule has 1 atom stereocenters. The van der Waals surface area contributed by atoms with Gasteiger partial charge in [-0.1, -0.05) is 24.3 Å². The van der Waals surface area contributed by atoms with Crippen LogP contribution < -0.4 is 5.73 Å². The molecule has 104 valence electrons. The average molecular weight is 267 g/mol. The average Bonchev–Trinajstić information content (AvgIpc) is 2.34. The van der Waals surface area contributed by atoms with Crippen molar-refractivity contribution in [3.63, 3.8) is 0 Å². The summed E-state index contributed by atoms with van der Waals surface area (Å²) in [5, 5.41) is 38.4. The summed E-state index contributed by atoms with van der Waals surface area (Å²) in [7, 11) is 0. The second-order valence-electron chi connectivity index (χ2n) is 5.10. The number of aliphatic hydroxyl groups is 4. The molecule has 0 aromatic heterocycles. The van der Waals surface area contributed by atoms with Gasteiger partial charge in [-0.05, 0) is 24.5 Å². The van der Waals surface area contributed by atoms with Gasteiger partial charge in [0.25, 0.3) is 5.79 Å². The van der Waals surface area contributed by atoms with Gasteiger partial charge in [0.15, 0.2) is 0 Å². The quantitative estimate of drug-likeness (QED) is 0.410. The molecule has 0 unspecified atom stereocenters. The largest absolute Gasteiger partial charge is 0.361 e. The van der Waals surface area contributed by atoms with E-state index in [1.54, 1.807) is 31.2 Å². The van der Waals surface area contributed by atoms with Crippen molar-refractivity contribution in [1.29, 1.82) is 0 Å². The number of hydrogen-bond acceptors (Lipinski definition) is 6. The molecule has 0 saturated heterocycles. The van der Waals surface area contributed by atoms with Crippen molar-refractivity contribution in [1.82, 2.24) is 0 Å². The Morgan fingerprint density at radius 3 is 2.26 bits per heavy atom. The van der Waals surface area contributed by atoms with Gasteiger partial charge in [-0.2, -0.15) is 0 Å². The van der Waals surface area contributed by atoms with Gasteiger partial charge in [-0.3, -0.25) is 4.79 Å². The van der Waals surface area contributed by atoms with Gasteiger partial charge < -0.3 is 26.2 Å². The third kappa shape index (κ3) is 1.89. The number of ketones is 1. The highest BCUT2D eigenvalue weighted by Gasteiger charge is 2.63. The molecule has 0 aliphatic heterocycles. The fourth-order valence-electron chi connectivity index (χ4n) is 2.48. The predicted molar refractivity (Wildman–Crippen MR) is 65.6 cm³/mol. The molecule has 0 heterocycles. The van der Waals surface area contributed by atoms with E-state index in [9.17, 15) is 25.2 Å². The summed E-state index contributed by atoms with van der Waals surface area (Å²) < 4.78 is 0. The lowest BCUT2D eigenvalue weighted by Crippen LogP contribution is -2.70. The van der Waals surface area contributed by atoms with Crippen molar-refractivity contribution < 1.29 is 25.2 Å². The van der Waals surface area contributed by atoms with Crippen molar-refractivity contribution in [2.45, 2.75) is 36.9 Å². The van der Waals surface area contributed by atoms with Crippen LogP contribution in [-0.4, -0.2) is 37.8 Å². The van der Waals surface area contributed by atoms with Crippen molar-refractivity contribution in [3.8, 4) is 0 Å². The maximum absolute atomic E-state index is 12.2. The number of benzene rings is 1. The third-order valence-corrected chi connectivity index (χ3v) is 3.77. The first-order valence-corrected chi connectivity index (χ1v) is 5.92. The highest BCUT2D eigenvalue weighted by atomic mass is 16.6. The molecule has 2 rings (SSSR count). The number of nitrogens with two attached hydrogens (primary N) is 1. The maximum Gasteiger partial charge on any atom is 0.282 e. The van der Waals surface area contributed by atoms with E-state index >= 15 is 0 Å². The van der Waals surface area contributed by atoms with Gasteiger partial charge in [-0.15, -0.1) is 0 Å². The zero-order chi connectivity index (χ0) is 14.5. The van der Waals surface area contributed by atoms with Gasteiger partial charge in [0.2, 0.25) is 11.6 Å². The third-order valence-electron chi connectivity index (χ3n) is 3.77. The minimum atomic E-state index is -3.29. The van der Waals surface area contributed by atoms with Crippen LogP contribution >= 0.6 is 0 Å². The molecule has 1 fully saturated rings. The van der Waals surface area contributed by atoms with E-state index in [-0.39, 0.29) is 6.42 Å². The summed E-state index contributed by atoms with van der Waals surface area (Å²) in [6.07, 6.45) is -0.511. The predicted octanol–water partition coefficient (Wildman–Crippen LogP) is -1.13. The van der Waals surface area contributed by atoms with Gasteiger partial charge in [-0.25, -0.2) is 0 Å². The summed E-state index contributed by atoms with van der Waals surface area (Å²) in [4.78, 5) is 12.2. The van der Waals surface area contributed by atoms with Gasteiger partial charge in [0.05, 0.1) is 0 Å². The molecule has 1 aliphatic rings. The van der Waals surface area contributed by atoms with Crippen molar-refractivity contribution in [2.75, 3.05) is 0 Å². The minimum Gasteiger partial charge on any atom is -0.361 e. The zero-order valence-corrected chi connectivity index (χ0v) is 10.5. The lowest BCUT2D eigenvalue weighted by molar-refractivity contribution is -0.349. The number of hydrogen-bond donors (Lipinski definition) is 5. The lowest BCUT2D eigenvalue weighted by atomic mass is 9.70. The molecular weight excluding hydrogens is 250 g/mol. The highest BCUT2D eigenvalue weighted by Crippen LogP contribution is 2.41. The SMILES string of the molecule is Cc1ccccc1[C@@]1(N)CCC(O)(O)C(O)(O)C1=O. The minimum absolute atomic E-state index is 0.0907. The Balaban J connectivity index is 2.53. The van der Waals surface area contributed by atoms with Crippen LogP contribution in [0.5, 0.6) is 0 Å². The number of Topliss-reactive ketones (excluding diaryl/α,β-unsaturated/α-hetero) is 1. The van der Waals surface area contributed by atoms with E-state index in [1.807, 2.05) is 0 Å². The van der Waals surface area contributed by atoms with E-state index < -0.39 is 29.3 Å². The first-order valence-electron chi connectivity index (χ1n) is 5.92. The Kier molecular flexibility index (Phi) is 3.04. The van der Waals surface area contributed by atoms with Gasteiger partial charge in [0, 0.05) is 6.42 Å². The second kappa shape index (κ2) is 4.09. The van der Waals surface area contributed by atoms with Crippen molar-refractivity contribution >= 4 is 5.78 Å². The van der Waals surface area contributed by atoms with E-state index in [1.165, 1.54) is 0 Å². The lowest BCUT2D eigenvalue weighted by Gasteiger charge is -2.45. The number of rotatable bonds is 1. The second-order valence-corrected chi connectivity index (χ2v) is 5.10. The topological polar surface area (TPSA) is 124 Å². The Labute approximate surface area is 110 Å². The molecule has 6 nitrogen and oxygen atoms in total. The molecule has 1 aromatic rings. The normalized spacial score (nSPS) is 29.3. The van der Waals surface area contributed by atoms with Crippen LogP contribution in [0.1, 0.15) is 24.0 Å². The summed E-state index contributed by atoms with van der Waals surface area (Å²) in [6.45, 7) is 1.74. The molecule has 6 N–H and O–H groups in total. The number of aryl methyl sites for hydroxylation is 1. The van der Waals surface area contributed by atoms with Crippen molar-refractivity contribution in [2.24, 2.45) is 5.73 Å². The standard InChI is InChI=1S/C13H17NO5/c1-8-4-2-3-5-9(8)11(14)6-7-12(16,17)13(18,19)10(11)15/h2-5,16-19H,6-7,14H2,1H3/t11-/m0/s1. The van der Waals surface area contributed by atoms with Crippen molar-refractivity contribution in [3.05, 3.63) is 35.4 Å². The molecule has 0 bridgehead atoms. The summed E-state index contributed by atoms with van der Waals surface area (Å²) >= 11 is 0. The zero-order valence-electron chi connectivity index (χ0n) is 10.5. The van der Waals surface area contributed by atoms with Crippen LogP contribution in [0.2, 0.25) is 0 Å². The molecule has 0 radical (unpaired) electrons. The Bertz CT molecular complexity index is 526. The summed E-state index contributed by atoms with van der Waals surface area (Å²) in [6, 6.07) is 6.81. The Morgan fingerprint density at radius 1 is 1.11 bits per heavy atom. The van der Waals surface area contributed by atoms with Gasteiger partial charge in [0.1, 0.15) is 5.54 Å². The van der Waals surface area contributed by atoms with Crippen LogP contribution in [0.3, 0.4) is 0 Å². The van der Waals surface area contributed by atoms with Crippen LogP contribution in [0, 0.1) is 6.92 Å². The van der Waals surface area contributed by atoms with E-state index in [0.717, 1.165) is 5.56 Å². The van der Waals surface area contributed by atoms with Gasteiger partial charge >= 0.3 is 0 Å². The summed E-state index contributed by atoms with van der Waals surface area (Å²) in [5.74, 6) is -7.40. The molecule has 0 amide bonds. The molecule has 1 aliphatic carbocycles. The van der Waals surface area contributed by atoms with Crippen LogP contribution in [0.15, 0.2) is 24.3 Å². The van der Waals surface area contributed by atoms with E-state index in [4.69, 9.17) is 5.73 Å². The van der Waals surface area contributed by atoms with Crippen LogP contribution in [0.25, 0.3) is 0 Å². The van der Waals surface area contributed by atoms with Crippen LogP contribution in [0.4, 0.5) is 0 Å². The molecule has 19 heavy (non-hydrogen) atoms. The Morgan fingerprint density at radius 2 is 1.68 bits per heavy atom. The number of carbonyl (C=O) groups is 1. The summed E-state index contributed by atoms with van der Waals surface area (Å²) in [5.41, 5.74) is 5.55. The first-order chi connectivity index (χ1) is 8.63. The van der Waals surface area contributed by atoms with Crippen LogP contribution in [-0.2, 0) is 10.3 Å². The smallest absolute Gasteiger partial charge is 0.282 e. The number of carbonyl (C=O) groups excluding carboxylic acids is 1. The first kappa shape index (κ1) is 14.1. The molecular formula is C13H17NO5. The molecule has 0 spiro atoms. The molecule has 6 heteroatoms. The fraction of sp³-hybridized carbons (Fsp3) is 0.462. The monoisotopic (exact) mass is 267 g/mol. The van der Waals surface area contributed by atoms with E-state index in [2.05, 4.69) is 0 Å². The molecule has 1 aromatic carbocycles. The molecule has 1 saturated carbocycles. The Hall–Kier alpha value is -1.31.